The number of amides is 2. The minimum absolute atomic E-state index is 0.124. The normalized spacial score (nSPS) is 14.3. The van der Waals surface area contributed by atoms with Gasteiger partial charge in [0.1, 0.15) is 10.8 Å². The van der Waals surface area contributed by atoms with Crippen molar-refractivity contribution in [1.82, 2.24) is 4.90 Å². The molecule has 0 aliphatic carbocycles. The van der Waals surface area contributed by atoms with Crippen molar-refractivity contribution in [3.8, 4) is 5.75 Å². The molecule has 0 bridgehead atoms. The van der Waals surface area contributed by atoms with E-state index in [1.165, 1.54) is 30.6 Å². The highest BCUT2D eigenvalue weighted by molar-refractivity contribution is 7.91. The van der Waals surface area contributed by atoms with Crippen LogP contribution in [0.2, 0.25) is 0 Å². The maximum atomic E-state index is 12.5. The highest BCUT2D eigenvalue weighted by atomic mass is 32.2. The lowest BCUT2D eigenvalue weighted by Crippen LogP contribution is -2.27. The summed E-state index contributed by atoms with van der Waals surface area (Å²) in [5, 5.41) is 3.08. The molecule has 0 unspecified atom stereocenters. The molecule has 1 aliphatic heterocycles. The molecule has 3 rings (SSSR count). The van der Waals surface area contributed by atoms with Crippen LogP contribution in [0.1, 0.15) is 27.2 Å². The number of primary amides is 1. The molecule has 0 saturated heterocycles. The lowest BCUT2D eigenvalue weighted by molar-refractivity contribution is -0.115. The van der Waals surface area contributed by atoms with Crippen LogP contribution in [0, 0.1) is 0 Å². The van der Waals surface area contributed by atoms with E-state index in [9.17, 15) is 18.0 Å². The van der Waals surface area contributed by atoms with Gasteiger partial charge >= 0.3 is 0 Å². The van der Waals surface area contributed by atoms with Crippen LogP contribution in [0.5, 0.6) is 5.75 Å². The Bertz CT molecular complexity index is 1030. The Morgan fingerprint density at radius 3 is 2.59 bits per heavy atom. The summed E-state index contributed by atoms with van der Waals surface area (Å²) >= 11 is 1.32. The third-order valence-corrected chi connectivity index (χ3v) is 7.63. The molecule has 0 saturated carbocycles. The third-order valence-electron chi connectivity index (χ3n) is 4.76. The minimum Gasteiger partial charge on any atom is -0.497 e. The Labute approximate surface area is 173 Å². The van der Waals surface area contributed by atoms with Gasteiger partial charge in [-0.15, -0.1) is 11.3 Å². The molecule has 8 nitrogen and oxygen atoms in total. The molecule has 1 aromatic carbocycles. The number of likely N-dealkylation sites (N-methyl/N-ethyl adjacent to an activating group) is 1. The van der Waals surface area contributed by atoms with E-state index in [0.29, 0.717) is 29.3 Å². The predicted octanol–water partition coefficient (Wildman–Crippen LogP) is 1.65. The van der Waals surface area contributed by atoms with Gasteiger partial charge in [0.25, 0.3) is 5.91 Å². The van der Waals surface area contributed by atoms with Gasteiger partial charge in [-0.3, -0.25) is 9.59 Å². The van der Waals surface area contributed by atoms with E-state index in [4.69, 9.17) is 10.5 Å². The van der Waals surface area contributed by atoms with Gasteiger partial charge < -0.3 is 20.7 Å². The van der Waals surface area contributed by atoms with E-state index in [-0.39, 0.29) is 17.1 Å². The van der Waals surface area contributed by atoms with Gasteiger partial charge in [0.2, 0.25) is 5.91 Å². The van der Waals surface area contributed by atoms with Crippen molar-refractivity contribution in [3.63, 3.8) is 0 Å². The highest BCUT2D eigenvalue weighted by Gasteiger charge is 2.27. The summed E-state index contributed by atoms with van der Waals surface area (Å²) in [6.07, 6.45) is 0.456. The van der Waals surface area contributed by atoms with Crippen molar-refractivity contribution in [3.05, 3.63) is 40.3 Å². The molecular formula is C19H23N3O5S2. The molecule has 156 valence electrons. The van der Waals surface area contributed by atoms with Crippen molar-refractivity contribution in [2.45, 2.75) is 24.3 Å². The van der Waals surface area contributed by atoms with Gasteiger partial charge in [0, 0.05) is 24.4 Å². The number of hydrogen-bond donors (Lipinski definition) is 2. The predicted molar refractivity (Wildman–Crippen MR) is 111 cm³/mol. The van der Waals surface area contributed by atoms with E-state index in [1.807, 2.05) is 7.05 Å². The lowest BCUT2D eigenvalue weighted by atomic mass is 10.0. The Morgan fingerprint density at radius 2 is 1.97 bits per heavy atom. The van der Waals surface area contributed by atoms with Gasteiger partial charge in [0.15, 0.2) is 9.84 Å². The first-order chi connectivity index (χ1) is 13.7. The molecule has 0 atom stereocenters. The average molecular weight is 438 g/mol. The average Bonchev–Trinajstić information content (AvgIpc) is 3.03. The number of rotatable bonds is 7. The highest BCUT2D eigenvalue weighted by Crippen LogP contribution is 2.36. The maximum absolute atomic E-state index is 12.5. The quantitative estimate of drug-likeness (QED) is 0.680. The number of nitrogens with zero attached hydrogens (tertiary/aromatic N) is 1. The summed E-state index contributed by atoms with van der Waals surface area (Å²) in [6, 6.07) is 6.00. The second-order valence-corrected chi connectivity index (χ2v) is 10.1. The van der Waals surface area contributed by atoms with Crippen LogP contribution in [0.4, 0.5) is 5.00 Å². The molecule has 0 fully saturated rings. The fraction of sp³-hybridized carbons (Fsp3) is 0.368. The van der Waals surface area contributed by atoms with Gasteiger partial charge in [-0.1, -0.05) is 0 Å². The molecule has 2 heterocycles. The molecule has 0 radical (unpaired) electrons. The number of anilines is 1. The molecule has 1 aromatic heterocycles. The Balaban J connectivity index is 1.70. The molecule has 1 aliphatic rings. The first-order valence-corrected chi connectivity index (χ1v) is 11.5. The van der Waals surface area contributed by atoms with Crippen LogP contribution < -0.4 is 15.8 Å². The van der Waals surface area contributed by atoms with E-state index in [0.717, 1.165) is 17.0 Å². The SMILES string of the molecule is COc1ccc(S(=O)(=O)CCC(=O)Nc2sc3c(c2C(N)=O)CCN(C)C3)cc1. The zero-order valence-corrected chi connectivity index (χ0v) is 17.9. The number of benzene rings is 1. The molecule has 2 amide bonds. The standard InChI is InChI=1S/C19H23N3O5S2/c1-22-9-7-14-15(11-22)28-19(17(14)18(20)24)21-16(23)8-10-29(25,26)13-5-3-12(27-2)4-6-13/h3-6H,7-11H2,1-2H3,(H2,20,24)(H,21,23). The zero-order valence-electron chi connectivity index (χ0n) is 16.2. The minimum atomic E-state index is -3.62. The van der Waals surface area contributed by atoms with Gasteiger partial charge in [-0.2, -0.15) is 0 Å². The van der Waals surface area contributed by atoms with Crippen molar-refractivity contribution in [1.29, 1.82) is 0 Å². The second kappa shape index (κ2) is 8.52. The Kier molecular flexibility index (Phi) is 6.25. The van der Waals surface area contributed by atoms with Crippen molar-refractivity contribution in [2.24, 2.45) is 5.73 Å². The smallest absolute Gasteiger partial charge is 0.251 e. The van der Waals surface area contributed by atoms with Crippen LogP contribution >= 0.6 is 11.3 Å². The van der Waals surface area contributed by atoms with Crippen LogP contribution in [0.15, 0.2) is 29.2 Å². The van der Waals surface area contributed by atoms with E-state index >= 15 is 0 Å². The van der Waals surface area contributed by atoms with Crippen LogP contribution in [-0.2, 0) is 27.6 Å². The molecule has 2 aromatic rings. The summed E-state index contributed by atoms with van der Waals surface area (Å²) in [4.78, 5) is 27.6. The molecule has 29 heavy (non-hydrogen) atoms. The fourth-order valence-corrected chi connectivity index (χ4v) is 5.79. The lowest BCUT2D eigenvalue weighted by Gasteiger charge is -2.22. The number of nitrogens with one attached hydrogen (secondary N) is 1. The summed E-state index contributed by atoms with van der Waals surface area (Å²) in [5.74, 6) is -0.858. The second-order valence-electron chi connectivity index (χ2n) is 6.85. The first kappa shape index (κ1) is 21.3. The van der Waals surface area contributed by atoms with Crippen LogP contribution in [0.3, 0.4) is 0 Å². The molecule has 0 spiro atoms. The first-order valence-electron chi connectivity index (χ1n) is 9.01. The number of carbonyl (C=O) groups excluding carboxylic acids is 2. The zero-order chi connectivity index (χ0) is 21.2. The number of sulfone groups is 1. The van der Waals surface area contributed by atoms with Crippen LogP contribution in [-0.4, -0.2) is 51.6 Å². The number of carbonyl (C=O) groups is 2. The van der Waals surface area contributed by atoms with Gasteiger partial charge in [-0.05, 0) is 43.3 Å². The summed E-state index contributed by atoms with van der Waals surface area (Å²) in [6.45, 7) is 1.49. The number of methoxy groups -OCH3 is 1. The summed E-state index contributed by atoms with van der Waals surface area (Å²) in [5.41, 5.74) is 6.75. The summed E-state index contributed by atoms with van der Waals surface area (Å²) < 4.78 is 29.9. The van der Waals surface area contributed by atoms with E-state index in [2.05, 4.69) is 10.2 Å². The van der Waals surface area contributed by atoms with E-state index in [1.54, 1.807) is 12.1 Å². The van der Waals surface area contributed by atoms with Crippen molar-refractivity contribution < 1.29 is 22.7 Å². The number of hydrogen-bond acceptors (Lipinski definition) is 7. The topological polar surface area (TPSA) is 119 Å². The fourth-order valence-electron chi connectivity index (χ4n) is 3.20. The monoisotopic (exact) mass is 437 g/mol. The number of ether oxygens (including phenoxy) is 1. The number of fused-ring (bicyclic) bond motifs is 1. The number of thiophene rings is 1. The van der Waals surface area contributed by atoms with Crippen molar-refractivity contribution in [2.75, 3.05) is 31.8 Å². The Hall–Kier alpha value is -2.43. The molecule has 10 heteroatoms. The Morgan fingerprint density at radius 1 is 1.28 bits per heavy atom. The largest absolute Gasteiger partial charge is 0.497 e. The van der Waals surface area contributed by atoms with Gasteiger partial charge in [0.05, 0.1) is 23.3 Å². The number of nitrogens with two attached hydrogens (primary N) is 1. The summed E-state index contributed by atoms with van der Waals surface area (Å²) in [7, 11) is -0.144. The third kappa shape index (κ3) is 4.77. The molecule has 3 N–H and O–H groups in total. The molecular weight excluding hydrogens is 414 g/mol. The van der Waals surface area contributed by atoms with Crippen LogP contribution in [0.25, 0.3) is 0 Å². The van der Waals surface area contributed by atoms with Crippen molar-refractivity contribution >= 4 is 38.0 Å². The van der Waals surface area contributed by atoms with Gasteiger partial charge in [-0.25, -0.2) is 8.42 Å². The van der Waals surface area contributed by atoms with E-state index < -0.39 is 21.7 Å². The maximum Gasteiger partial charge on any atom is 0.251 e.